The van der Waals surface area contributed by atoms with Crippen molar-refractivity contribution in [1.29, 1.82) is 0 Å². The number of benzene rings is 2. The second-order valence-electron chi connectivity index (χ2n) is 6.45. The van der Waals surface area contributed by atoms with Crippen molar-refractivity contribution >= 4 is 17.5 Å². The van der Waals surface area contributed by atoms with Gasteiger partial charge >= 0.3 is 0 Å². The summed E-state index contributed by atoms with van der Waals surface area (Å²) in [7, 11) is 0. The third-order valence-electron chi connectivity index (χ3n) is 4.38. The van der Waals surface area contributed by atoms with Crippen molar-refractivity contribution in [2.75, 3.05) is 0 Å². The van der Waals surface area contributed by atoms with Crippen LogP contribution in [0.1, 0.15) is 47.2 Å². The van der Waals surface area contributed by atoms with Crippen LogP contribution in [0.25, 0.3) is 0 Å². The first-order chi connectivity index (χ1) is 12.6. The highest BCUT2D eigenvalue weighted by molar-refractivity contribution is 6.31. The molecule has 0 aliphatic heterocycles. The monoisotopic (exact) mass is 370 g/mol. The van der Waals surface area contributed by atoms with Crippen molar-refractivity contribution in [3.63, 3.8) is 0 Å². The first-order valence-corrected chi connectivity index (χ1v) is 9.23. The molecule has 2 aromatic rings. The molecule has 0 radical (unpaired) electrons. The number of carbonyl (C=O) groups is 1. The zero-order valence-corrected chi connectivity index (χ0v) is 15.6. The van der Waals surface area contributed by atoms with Gasteiger partial charge in [0.05, 0.1) is 0 Å². The zero-order chi connectivity index (χ0) is 18.4. The lowest BCUT2D eigenvalue weighted by atomic mass is 10.1. The molecule has 5 heteroatoms. The van der Waals surface area contributed by atoms with Crippen LogP contribution in [0.3, 0.4) is 0 Å². The summed E-state index contributed by atoms with van der Waals surface area (Å²) in [5.74, 6) is 0.635. The largest absolute Gasteiger partial charge is 0.489 e. The minimum absolute atomic E-state index is 0.141. The van der Waals surface area contributed by atoms with Crippen LogP contribution in [-0.2, 0) is 6.61 Å². The predicted molar refractivity (Wildman–Crippen MR) is 104 cm³/mol. The molecule has 1 amide bonds. The highest BCUT2D eigenvalue weighted by Crippen LogP contribution is 2.22. The predicted octanol–water partition coefficient (Wildman–Crippen LogP) is 4.92. The number of amides is 1. The molecule has 2 aromatic carbocycles. The van der Waals surface area contributed by atoms with Gasteiger partial charge < -0.3 is 10.2 Å². The molecule has 0 atom stereocenters. The molecule has 1 aliphatic rings. The minimum Gasteiger partial charge on any atom is -0.489 e. The van der Waals surface area contributed by atoms with Crippen molar-refractivity contribution in [3.8, 4) is 5.75 Å². The van der Waals surface area contributed by atoms with Crippen LogP contribution >= 0.6 is 11.6 Å². The van der Waals surface area contributed by atoms with E-state index in [1.807, 2.05) is 37.3 Å². The molecule has 0 saturated heterocycles. The molecule has 0 fully saturated rings. The number of aryl methyl sites for hydroxylation is 1. The van der Waals surface area contributed by atoms with E-state index in [0.29, 0.717) is 12.2 Å². The van der Waals surface area contributed by atoms with Gasteiger partial charge in [-0.3, -0.25) is 10.2 Å². The number of allylic oxidation sites excluding steroid dienone is 2. The number of halogens is 1. The molecule has 0 bridgehead atoms. The lowest BCUT2D eigenvalue weighted by Crippen LogP contribution is -2.37. The van der Waals surface area contributed by atoms with E-state index >= 15 is 0 Å². The molecule has 26 heavy (non-hydrogen) atoms. The van der Waals surface area contributed by atoms with Crippen molar-refractivity contribution in [2.24, 2.45) is 0 Å². The van der Waals surface area contributed by atoms with E-state index < -0.39 is 0 Å². The van der Waals surface area contributed by atoms with Crippen molar-refractivity contribution < 1.29 is 9.53 Å². The fourth-order valence-electron chi connectivity index (χ4n) is 2.79. The van der Waals surface area contributed by atoms with Gasteiger partial charge in [-0.15, -0.1) is 0 Å². The first kappa shape index (κ1) is 18.3. The maximum Gasteiger partial charge on any atom is 0.269 e. The molecule has 0 aromatic heterocycles. The van der Waals surface area contributed by atoms with E-state index in [0.717, 1.165) is 46.9 Å². The number of ether oxygens (including phenoxy) is 1. The summed E-state index contributed by atoms with van der Waals surface area (Å²) in [5, 5.41) is 0.727. The zero-order valence-electron chi connectivity index (χ0n) is 14.8. The number of rotatable bonds is 6. The van der Waals surface area contributed by atoms with Crippen LogP contribution in [0, 0.1) is 6.92 Å². The Morgan fingerprint density at radius 2 is 1.96 bits per heavy atom. The van der Waals surface area contributed by atoms with Gasteiger partial charge in [-0.25, -0.2) is 0 Å². The normalized spacial score (nSPS) is 13.7. The summed E-state index contributed by atoms with van der Waals surface area (Å²) in [6.07, 6.45) is 6.58. The Labute approximate surface area is 159 Å². The van der Waals surface area contributed by atoms with Crippen LogP contribution in [-0.4, -0.2) is 5.91 Å². The van der Waals surface area contributed by atoms with Crippen LogP contribution in [0.2, 0.25) is 5.02 Å². The van der Waals surface area contributed by atoms with Crippen LogP contribution in [0.15, 0.2) is 54.2 Å². The van der Waals surface area contributed by atoms with Gasteiger partial charge in [0.25, 0.3) is 5.91 Å². The van der Waals surface area contributed by atoms with Crippen LogP contribution in [0.5, 0.6) is 5.75 Å². The minimum atomic E-state index is -0.141. The Morgan fingerprint density at radius 3 is 2.65 bits per heavy atom. The maximum atomic E-state index is 12.2. The molecule has 0 unspecified atom stereocenters. The maximum absolute atomic E-state index is 12.2. The second-order valence-corrected chi connectivity index (χ2v) is 6.86. The van der Waals surface area contributed by atoms with Crippen LogP contribution in [0.4, 0.5) is 0 Å². The van der Waals surface area contributed by atoms with Crippen molar-refractivity contribution in [3.05, 3.63) is 76.0 Å². The average molecular weight is 371 g/mol. The molecule has 0 heterocycles. The van der Waals surface area contributed by atoms with E-state index in [-0.39, 0.29) is 5.91 Å². The summed E-state index contributed by atoms with van der Waals surface area (Å²) < 4.78 is 5.78. The average Bonchev–Trinajstić information content (AvgIpc) is 2.68. The fourth-order valence-corrected chi connectivity index (χ4v) is 2.90. The third kappa shape index (κ3) is 5.02. The molecule has 136 valence electrons. The van der Waals surface area contributed by atoms with Gasteiger partial charge in [0.2, 0.25) is 0 Å². The summed E-state index contributed by atoms with van der Waals surface area (Å²) in [4.78, 5) is 12.2. The van der Waals surface area contributed by atoms with Gasteiger partial charge in [0, 0.05) is 16.3 Å². The van der Waals surface area contributed by atoms with Crippen molar-refractivity contribution in [2.45, 2.75) is 39.2 Å². The topological polar surface area (TPSA) is 50.4 Å². The molecule has 4 nitrogen and oxygen atoms in total. The summed E-state index contributed by atoms with van der Waals surface area (Å²) in [6, 6.07) is 13.0. The van der Waals surface area contributed by atoms with E-state index in [1.165, 1.54) is 6.42 Å². The SMILES string of the molecule is Cc1cc(OCc2ccc(C(=O)NNC3=CCCCC3)cc2)ccc1Cl. The molecule has 1 aliphatic carbocycles. The van der Waals surface area contributed by atoms with E-state index in [1.54, 1.807) is 12.1 Å². The standard InChI is InChI=1S/C21H23ClN2O2/c1-15-13-19(11-12-20(15)22)26-14-16-7-9-17(10-8-16)21(25)24-23-18-5-3-2-4-6-18/h5,7-13,23H,2-4,6,14H2,1H3,(H,24,25). The van der Waals surface area contributed by atoms with Crippen molar-refractivity contribution in [1.82, 2.24) is 10.9 Å². The van der Waals surface area contributed by atoms with E-state index in [2.05, 4.69) is 16.9 Å². The molecule has 0 saturated carbocycles. The van der Waals surface area contributed by atoms with Gasteiger partial charge in [-0.05, 0) is 74.1 Å². The number of hydrogen-bond donors (Lipinski definition) is 2. The number of carbonyl (C=O) groups excluding carboxylic acids is 1. The Balaban J connectivity index is 1.51. The van der Waals surface area contributed by atoms with Crippen LogP contribution < -0.4 is 15.6 Å². The van der Waals surface area contributed by atoms with E-state index in [9.17, 15) is 4.79 Å². The smallest absolute Gasteiger partial charge is 0.269 e. The molecular weight excluding hydrogens is 348 g/mol. The quantitative estimate of drug-likeness (QED) is 0.709. The highest BCUT2D eigenvalue weighted by Gasteiger charge is 2.08. The van der Waals surface area contributed by atoms with Gasteiger partial charge in [-0.2, -0.15) is 0 Å². The summed E-state index contributed by atoms with van der Waals surface area (Å²) in [5.41, 5.74) is 9.46. The van der Waals surface area contributed by atoms with E-state index in [4.69, 9.17) is 16.3 Å². The highest BCUT2D eigenvalue weighted by atomic mass is 35.5. The summed E-state index contributed by atoms with van der Waals surface area (Å²) >= 11 is 6.02. The second kappa shape index (κ2) is 8.77. The number of hydrogen-bond acceptors (Lipinski definition) is 3. The Kier molecular flexibility index (Phi) is 6.18. The van der Waals surface area contributed by atoms with Gasteiger partial charge in [-0.1, -0.05) is 29.8 Å². The fraction of sp³-hybridized carbons (Fsp3) is 0.286. The summed E-state index contributed by atoms with van der Waals surface area (Å²) in [6.45, 7) is 2.38. The molecule has 0 spiro atoms. The Bertz CT molecular complexity index is 800. The van der Waals surface area contributed by atoms with Gasteiger partial charge in [0.15, 0.2) is 0 Å². The number of nitrogens with one attached hydrogen (secondary N) is 2. The van der Waals surface area contributed by atoms with Gasteiger partial charge in [0.1, 0.15) is 12.4 Å². The Hall–Kier alpha value is -2.46. The number of hydrazine groups is 1. The Morgan fingerprint density at radius 1 is 1.15 bits per heavy atom. The molecule has 2 N–H and O–H groups in total. The molecular formula is C21H23ClN2O2. The first-order valence-electron chi connectivity index (χ1n) is 8.85. The lowest BCUT2D eigenvalue weighted by molar-refractivity contribution is 0.0938. The molecule has 3 rings (SSSR count). The lowest BCUT2D eigenvalue weighted by Gasteiger charge is -2.15. The third-order valence-corrected chi connectivity index (χ3v) is 4.80.